The van der Waals surface area contributed by atoms with Gasteiger partial charge in [-0.2, -0.15) is 0 Å². The number of aliphatic hydroxyl groups excluding tert-OH is 1. The molecule has 1 aliphatic rings. The summed E-state index contributed by atoms with van der Waals surface area (Å²) >= 11 is 0. The first kappa shape index (κ1) is 14.1. The third-order valence-corrected chi connectivity index (χ3v) is 2.47. The maximum Gasteiger partial charge on any atom is 0.339 e. The molecule has 0 radical (unpaired) electrons. The Morgan fingerprint density at radius 1 is 1.33 bits per heavy atom. The molecule has 2 amide bonds. The molecule has 0 aromatic carbocycles. The van der Waals surface area contributed by atoms with Crippen LogP contribution >= 0.6 is 0 Å². The zero-order valence-corrected chi connectivity index (χ0v) is 9.66. The van der Waals surface area contributed by atoms with Crippen molar-refractivity contribution in [1.29, 1.82) is 0 Å². The first-order valence-electron chi connectivity index (χ1n) is 5.30. The number of carboxylic acid groups (broad SMARTS) is 1. The van der Waals surface area contributed by atoms with Gasteiger partial charge in [-0.15, -0.1) is 5.06 Å². The SMILES string of the molecule is CC(O)C(CC(=O)O)C(=O)ON1C(=O)CCC1=O. The molecule has 1 fully saturated rings. The average molecular weight is 259 g/mol. The van der Waals surface area contributed by atoms with Crippen LogP contribution < -0.4 is 0 Å². The zero-order chi connectivity index (χ0) is 13.9. The van der Waals surface area contributed by atoms with Crippen LogP contribution in [0.5, 0.6) is 0 Å². The molecule has 0 saturated carbocycles. The van der Waals surface area contributed by atoms with Crippen LogP contribution in [0, 0.1) is 5.92 Å². The average Bonchev–Trinajstić information content (AvgIpc) is 2.56. The minimum Gasteiger partial charge on any atom is -0.481 e. The molecular formula is C10H13NO7. The van der Waals surface area contributed by atoms with Crippen molar-refractivity contribution in [1.82, 2.24) is 5.06 Å². The first-order valence-corrected chi connectivity index (χ1v) is 5.30. The number of carbonyl (C=O) groups is 4. The number of hydroxylamine groups is 2. The van der Waals surface area contributed by atoms with Gasteiger partial charge in [-0.3, -0.25) is 14.4 Å². The quantitative estimate of drug-likeness (QED) is 0.611. The Labute approximate surface area is 102 Å². The first-order chi connectivity index (χ1) is 8.32. The molecule has 18 heavy (non-hydrogen) atoms. The molecule has 8 nitrogen and oxygen atoms in total. The molecule has 0 aliphatic carbocycles. The maximum atomic E-state index is 11.6. The van der Waals surface area contributed by atoms with Crippen LogP contribution in [-0.2, 0) is 24.0 Å². The number of amides is 2. The van der Waals surface area contributed by atoms with Gasteiger partial charge in [0, 0.05) is 12.8 Å². The van der Waals surface area contributed by atoms with E-state index in [-0.39, 0.29) is 12.8 Å². The number of nitrogens with zero attached hydrogens (tertiary/aromatic N) is 1. The third-order valence-electron chi connectivity index (χ3n) is 2.47. The molecule has 8 heteroatoms. The Balaban J connectivity index is 2.69. The summed E-state index contributed by atoms with van der Waals surface area (Å²) in [5, 5.41) is 18.2. The largest absolute Gasteiger partial charge is 0.481 e. The summed E-state index contributed by atoms with van der Waals surface area (Å²) in [5.41, 5.74) is 0. The summed E-state index contributed by atoms with van der Waals surface area (Å²) < 4.78 is 0. The van der Waals surface area contributed by atoms with E-state index >= 15 is 0 Å². The molecule has 1 heterocycles. The van der Waals surface area contributed by atoms with Crippen molar-refractivity contribution in [3.05, 3.63) is 0 Å². The van der Waals surface area contributed by atoms with Crippen molar-refractivity contribution < 1.29 is 34.2 Å². The van der Waals surface area contributed by atoms with Gasteiger partial charge in [0.05, 0.1) is 18.4 Å². The predicted molar refractivity (Wildman–Crippen MR) is 54.6 cm³/mol. The van der Waals surface area contributed by atoms with Gasteiger partial charge < -0.3 is 15.1 Å². The highest BCUT2D eigenvalue weighted by Crippen LogP contribution is 2.17. The van der Waals surface area contributed by atoms with Gasteiger partial charge in [0.15, 0.2) is 0 Å². The van der Waals surface area contributed by atoms with E-state index in [2.05, 4.69) is 4.84 Å². The van der Waals surface area contributed by atoms with E-state index in [9.17, 15) is 24.3 Å². The normalized spacial score (nSPS) is 18.7. The van der Waals surface area contributed by atoms with Gasteiger partial charge in [-0.1, -0.05) is 0 Å². The lowest BCUT2D eigenvalue weighted by Gasteiger charge is -2.19. The monoisotopic (exact) mass is 259 g/mol. The molecule has 100 valence electrons. The highest BCUT2D eigenvalue weighted by molar-refractivity contribution is 6.01. The zero-order valence-electron chi connectivity index (χ0n) is 9.66. The number of hydrogen-bond donors (Lipinski definition) is 2. The summed E-state index contributed by atoms with van der Waals surface area (Å²) in [6.45, 7) is 1.22. The Morgan fingerprint density at radius 2 is 1.83 bits per heavy atom. The molecule has 1 saturated heterocycles. The third kappa shape index (κ3) is 3.27. The Hall–Kier alpha value is -1.96. The fourth-order valence-corrected chi connectivity index (χ4v) is 1.45. The van der Waals surface area contributed by atoms with Gasteiger partial charge in [-0.25, -0.2) is 4.79 Å². The van der Waals surface area contributed by atoms with Crippen LogP contribution in [-0.4, -0.2) is 45.1 Å². The highest BCUT2D eigenvalue weighted by Gasteiger charge is 2.36. The van der Waals surface area contributed by atoms with Crippen LogP contribution in [0.15, 0.2) is 0 Å². The lowest BCUT2D eigenvalue weighted by atomic mass is 10.0. The Morgan fingerprint density at radius 3 is 2.22 bits per heavy atom. The van der Waals surface area contributed by atoms with Crippen LogP contribution in [0.1, 0.15) is 26.2 Å². The van der Waals surface area contributed by atoms with Crippen LogP contribution in [0.25, 0.3) is 0 Å². The van der Waals surface area contributed by atoms with E-state index in [1.165, 1.54) is 6.92 Å². The molecule has 1 aliphatic heterocycles. The second kappa shape index (κ2) is 5.58. The molecule has 0 bridgehead atoms. The predicted octanol–water partition coefficient (Wildman–Crippen LogP) is -0.935. The Bertz CT molecular complexity index is 374. The standard InChI is InChI=1S/C10H13NO7/c1-5(12)6(4-9(15)16)10(17)18-11-7(13)2-3-8(11)14/h5-6,12H,2-4H2,1H3,(H,15,16). The van der Waals surface area contributed by atoms with Crippen LogP contribution in [0.2, 0.25) is 0 Å². The number of carbonyl (C=O) groups excluding carboxylic acids is 3. The van der Waals surface area contributed by atoms with Gasteiger partial charge >= 0.3 is 11.9 Å². The summed E-state index contributed by atoms with van der Waals surface area (Å²) in [6, 6.07) is 0. The second-order valence-electron chi connectivity index (χ2n) is 3.94. The fraction of sp³-hybridized carbons (Fsp3) is 0.600. The van der Waals surface area contributed by atoms with Crippen molar-refractivity contribution in [2.75, 3.05) is 0 Å². The molecule has 1 rings (SSSR count). The number of aliphatic carboxylic acids is 1. The van der Waals surface area contributed by atoms with Gasteiger partial charge in [0.25, 0.3) is 11.8 Å². The van der Waals surface area contributed by atoms with E-state index in [4.69, 9.17) is 5.11 Å². The highest BCUT2D eigenvalue weighted by atomic mass is 16.7. The summed E-state index contributed by atoms with van der Waals surface area (Å²) in [6.07, 6.45) is -2.01. The maximum absolute atomic E-state index is 11.6. The van der Waals surface area contributed by atoms with Gasteiger partial charge in [0.1, 0.15) is 0 Å². The molecule has 0 aromatic heterocycles. The summed E-state index contributed by atoms with van der Waals surface area (Å²) in [4.78, 5) is 49.0. The molecular weight excluding hydrogens is 246 g/mol. The van der Waals surface area contributed by atoms with Crippen LogP contribution in [0.3, 0.4) is 0 Å². The van der Waals surface area contributed by atoms with Crippen LogP contribution in [0.4, 0.5) is 0 Å². The van der Waals surface area contributed by atoms with E-state index in [1.807, 2.05) is 0 Å². The van der Waals surface area contributed by atoms with Crippen molar-refractivity contribution in [3.63, 3.8) is 0 Å². The second-order valence-corrected chi connectivity index (χ2v) is 3.94. The number of imide groups is 1. The lowest BCUT2D eigenvalue weighted by Crippen LogP contribution is -2.38. The molecule has 2 unspecified atom stereocenters. The number of rotatable bonds is 5. The van der Waals surface area contributed by atoms with Crippen molar-refractivity contribution in [2.24, 2.45) is 5.92 Å². The summed E-state index contributed by atoms with van der Waals surface area (Å²) in [7, 11) is 0. The molecule has 2 N–H and O–H groups in total. The molecule has 2 atom stereocenters. The Kier molecular flexibility index (Phi) is 4.38. The molecule has 0 aromatic rings. The van der Waals surface area contributed by atoms with Gasteiger partial charge in [0.2, 0.25) is 0 Å². The fourth-order valence-electron chi connectivity index (χ4n) is 1.45. The molecule has 0 spiro atoms. The lowest BCUT2D eigenvalue weighted by molar-refractivity contribution is -0.203. The van der Waals surface area contributed by atoms with E-state index in [0.717, 1.165) is 0 Å². The smallest absolute Gasteiger partial charge is 0.339 e. The topological polar surface area (TPSA) is 121 Å². The minimum absolute atomic E-state index is 0.0512. The summed E-state index contributed by atoms with van der Waals surface area (Å²) in [5.74, 6) is -5.06. The van der Waals surface area contributed by atoms with E-state index in [1.54, 1.807) is 0 Å². The van der Waals surface area contributed by atoms with Crippen molar-refractivity contribution in [2.45, 2.75) is 32.3 Å². The number of carboxylic acids is 1. The van der Waals surface area contributed by atoms with E-state index in [0.29, 0.717) is 5.06 Å². The van der Waals surface area contributed by atoms with E-state index < -0.39 is 42.2 Å². The minimum atomic E-state index is -1.33. The van der Waals surface area contributed by atoms with Crippen molar-refractivity contribution >= 4 is 23.8 Å². The number of hydrogen-bond acceptors (Lipinski definition) is 6. The number of aliphatic hydroxyl groups is 1. The van der Waals surface area contributed by atoms with Crippen molar-refractivity contribution in [3.8, 4) is 0 Å². The van der Waals surface area contributed by atoms with Gasteiger partial charge in [-0.05, 0) is 6.92 Å².